The molecule has 2 aliphatic rings. The van der Waals surface area contributed by atoms with Crippen molar-refractivity contribution in [3.63, 3.8) is 0 Å². The Morgan fingerprint density at radius 1 is 1.12 bits per heavy atom. The fraction of sp³-hybridized carbons (Fsp3) is 0.606. The summed E-state index contributed by atoms with van der Waals surface area (Å²) in [7, 11) is 0. The number of halogens is 2. The molecule has 42 heavy (non-hydrogen) atoms. The van der Waals surface area contributed by atoms with Crippen molar-refractivity contribution in [2.75, 3.05) is 13.1 Å². The molecule has 3 atom stereocenters. The molecule has 0 aromatic carbocycles. The van der Waals surface area contributed by atoms with E-state index in [9.17, 15) is 8.78 Å². The third-order valence-electron chi connectivity index (χ3n) is 7.65. The summed E-state index contributed by atoms with van der Waals surface area (Å²) in [6.45, 7) is 17.1. The molecule has 0 radical (unpaired) electrons. The summed E-state index contributed by atoms with van der Waals surface area (Å²) in [5.41, 5.74) is 4.50. The van der Waals surface area contributed by atoms with Gasteiger partial charge in [-0.15, -0.1) is 11.3 Å². The van der Waals surface area contributed by atoms with Crippen LogP contribution in [0.1, 0.15) is 94.8 Å². The Labute approximate surface area is 256 Å². The van der Waals surface area contributed by atoms with Gasteiger partial charge in [0.2, 0.25) is 0 Å². The van der Waals surface area contributed by atoms with Crippen LogP contribution in [0.4, 0.5) is 8.78 Å². The number of aromatic nitrogens is 1. The topological polar surface area (TPSA) is 77.8 Å². The largest absolute Gasteiger partial charge is 0.483 e. The highest BCUT2D eigenvalue weighted by molar-refractivity contribution is 7.11. The predicted molar refractivity (Wildman–Crippen MR) is 173 cm³/mol. The first-order chi connectivity index (χ1) is 20.1. The number of pyridine rings is 1. The van der Waals surface area contributed by atoms with E-state index in [4.69, 9.17) is 9.90 Å². The van der Waals surface area contributed by atoms with E-state index in [1.807, 2.05) is 36.7 Å². The van der Waals surface area contributed by atoms with Crippen LogP contribution < -0.4 is 5.32 Å². The summed E-state index contributed by atoms with van der Waals surface area (Å²) in [4.78, 5) is 19.8. The van der Waals surface area contributed by atoms with Crippen molar-refractivity contribution in [2.24, 2.45) is 16.8 Å². The van der Waals surface area contributed by atoms with E-state index in [0.717, 1.165) is 60.5 Å². The first-order valence-corrected chi connectivity index (χ1v) is 16.1. The lowest BCUT2D eigenvalue weighted by molar-refractivity contribution is -0.122. The number of likely N-dealkylation sites (tertiary alicyclic amines) is 1. The van der Waals surface area contributed by atoms with Crippen LogP contribution in [0.25, 0.3) is 5.70 Å². The van der Waals surface area contributed by atoms with Gasteiger partial charge >= 0.3 is 0 Å². The van der Waals surface area contributed by atoms with E-state index in [2.05, 4.69) is 67.8 Å². The molecule has 236 valence electrons. The number of rotatable bonds is 8. The van der Waals surface area contributed by atoms with Gasteiger partial charge in [0, 0.05) is 31.1 Å². The quantitative estimate of drug-likeness (QED) is 0.294. The Hall–Kier alpha value is -2.81. The van der Waals surface area contributed by atoms with Crippen LogP contribution in [0.3, 0.4) is 0 Å². The van der Waals surface area contributed by atoms with Crippen molar-refractivity contribution in [2.45, 2.75) is 106 Å². The van der Waals surface area contributed by atoms with Gasteiger partial charge in [-0.3, -0.25) is 9.78 Å². The van der Waals surface area contributed by atoms with Crippen molar-refractivity contribution >= 4 is 29.3 Å². The molecule has 2 aromatic heterocycles. The Morgan fingerprint density at radius 3 is 2.17 bits per heavy atom. The number of aliphatic imine (C=N–C) groups is 1. The summed E-state index contributed by atoms with van der Waals surface area (Å²) < 4.78 is 26.0. The SMILES string of the molecule is CCC(C)CCC(C)CC.CCc1cnc(C)c(C)c1.FC(F)C1N=C(N2CCCC2)C=C(c2cccs2)N1.O=CO. The van der Waals surface area contributed by atoms with Gasteiger partial charge in [0.1, 0.15) is 5.84 Å². The zero-order valence-corrected chi connectivity index (χ0v) is 27.4. The Kier molecular flexibility index (Phi) is 18.6. The highest BCUT2D eigenvalue weighted by atomic mass is 32.1. The van der Waals surface area contributed by atoms with Crippen LogP contribution >= 0.6 is 11.3 Å². The van der Waals surface area contributed by atoms with Crippen molar-refractivity contribution in [1.29, 1.82) is 0 Å². The monoisotopic (exact) mass is 606 g/mol. The van der Waals surface area contributed by atoms with Crippen molar-refractivity contribution in [1.82, 2.24) is 15.2 Å². The molecule has 2 aromatic rings. The molecule has 0 bridgehead atoms. The average molecular weight is 607 g/mol. The van der Waals surface area contributed by atoms with E-state index >= 15 is 0 Å². The molecule has 2 aliphatic heterocycles. The predicted octanol–water partition coefficient (Wildman–Crippen LogP) is 8.60. The van der Waals surface area contributed by atoms with Gasteiger partial charge in [-0.1, -0.05) is 72.4 Å². The summed E-state index contributed by atoms with van der Waals surface area (Å²) in [5, 5.41) is 11.6. The molecule has 0 spiro atoms. The molecule has 1 fully saturated rings. The molecule has 0 saturated carbocycles. The zero-order valence-electron chi connectivity index (χ0n) is 26.6. The minimum Gasteiger partial charge on any atom is -0.483 e. The summed E-state index contributed by atoms with van der Waals surface area (Å²) in [6.07, 6.45) is 9.01. The molecule has 9 heteroatoms. The Bertz CT molecular complexity index is 1060. The van der Waals surface area contributed by atoms with Crippen molar-refractivity contribution < 1.29 is 18.7 Å². The average Bonchev–Trinajstić information content (AvgIpc) is 3.73. The molecule has 0 aliphatic carbocycles. The third kappa shape index (κ3) is 13.9. The van der Waals surface area contributed by atoms with Crippen LogP contribution in [0.5, 0.6) is 0 Å². The number of hydrogen-bond donors (Lipinski definition) is 2. The third-order valence-corrected chi connectivity index (χ3v) is 8.56. The number of carbonyl (C=O) groups is 1. The number of alkyl halides is 2. The van der Waals surface area contributed by atoms with Gasteiger partial charge in [-0.2, -0.15) is 0 Å². The molecule has 4 heterocycles. The van der Waals surface area contributed by atoms with Crippen LogP contribution in [0, 0.1) is 25.7 Å². The number of carboxylic acid groups (broad SMARTS) is 1. The van der Waals surface area contributed by atoms with E-state index in [0.29, 0.717) is 5.84 Å². The maximum absolute atomic E-state index is 13.0. The van der Waals surface area contributed by atoms with E-state index in [1.54, 1.807) is 0 Å². The summed E-state index contributed by atoms with van der Waals surface area (Å²) in [5.74, 6) is 2.56. The fourth-order valence-electron chi connectivity index (χ4n) is 4.23. The fourth-order valence-corrected chi connectivity index (χ4v) is 4.93. The van der Waals surface area contributed by atoms with Gasteiger partial charge in [-0.25, -0.2) is 13.8 Å². The second-order valence-corrected chi connectivity index (χ2v) is 11.9. The molecular weight excluding hydrogens is 554 g/mol. The lowest BCUT2D eigenvalue weighted by Gasteiger charge is -2.27. The smallest absolute Gasteiger partial charge is 0.290 e. The van der Waals surface area contributed by atoms with E-state index in [-0.39, 0.29) is 6.47 Å². The number of thiophene rings is 1. The number of hydrogen-bond acceptors (Lipinski definition) is 6. The number of nitrogens with zero attached hydrogens (tertiary/aromatic N) is 3. The van der Waals surface area contributed by atoms with E-state index < -0.39 is 12.6 Å². The first kappa shape index (κ1) is 37.2. The van der Waals surface area contributed by atoms with E-state index in [1.165, 1.54) is 48.1 Å². The first-order valence-electron chi connectivity index (χ1n) is 15.2. The minimum atomic E-state index is -2.50. The van der Waals surface area contributed by atoms with Gasteiger partial charge < -0.3 is 15.3 Å². The normalized spacial score (nSPS) is 17.2. The molecule has 1 saturated heterocycles. The number of nitrogens with one attached hydrogen (secondary N) is 1. The number of amidine groups is 1. The van der Waals surface area contributed by atoms with Crippen molar-refractivity contribution in [3.8, 4) is 0 Å². The molecule has 6 nitrogen and oxygen atoms in total. The second kappa shape index (κ2) is 21.0. The zero-order chi connectivity index (χ0) is 31.5. The van der Waals surface area contributed by atoms with Crippen LogP contribution in [-0.2, 0) is 11.2 Å². The molecule has 4 rings (SSSR count). The van der Waals surface area contributed by atoms with Crippen LogP contribution in [0.2, 0.25) is 0 Å². The highest BCUT2D eigenvalue weighted by Gasteiger charge is 2.27. The van der Waals surface area contributed by atoms with Gasteiger partial charge in [0.15, 0.2) is 6.17 Å². The van der Waals surface area contributed by atoms with Gasteiger partial charge in [-0.05, 0) is 67.5 Å². The standard InChI is InChI=1S/C13H15F2N3S.C10H22.C9H13N.CH2O2/c14-12(15)13-16-9(10-4-3-7-19-10)8-11(17-13)18-5-1-2-6-18;1-5-9(3)7-8-10(4)6-2;1-4-9-5-7(2)8(3)10-6-9;2-1-3/h3-4,7-8,12-13,16H,1-2,5-6H2;9-10H,5-8H2,1-4H3;5-6H,4H2,1-3H3;1H,(H,2,3). The van der Waals surface area contributed by atoms with Crippen LogP contribution in [0.15, 0.2) is 40.8 Å². The molecule has 3 unspecified atom stereocenters. The number of aryl methyl sites for hydroxylation is 3. The van der Waals surface area contributed by atoms with Gasteiger partial charge in [0.05, 0.1) is 10.6 Å². The van der Waals surface area contributed by atoms with Crippen molar-refractivity contribution in [3.05, 3.63) is 57.6 Å². The summed E-state index contributed by atoms with van der Waals surface area (Å²) in [6, 6.07) is 6.04. The summed E-state index contributed by atoms with van der Waals surface area (Å²) >= 11 is 1.54. The van der Waals surface area contributed by atoms with Crippen LogP contribution in [-0.4, -0.2) is 53.0 Å². The minimum absolute atomic E-state index is 0.250. The maximum Gasteiger partial charge on any atom is 0.290 e. The molecule has 0 amide bonds. The van der Waals surface area contributed by atoms with Gasteiger partial charge in [0.25, 0.3) is 12.9 Å². The highest BCUT2D eigenvalue weighted by Crippen LogP contribution is 2.24. The second-order valence-electron chi connectivity index (χ2n) is 10.9. The lowest BCUT2D eigenvalue weighted by atomic mass is 9.95. The Morgan fingerprint density at radius 2 is 1.71 bits per heavy atom. The molecule has 2 N–H and O–H groups in total. The Balaban J connectivity index is 0.000000327. The molecular formula is C33H52F2N4O2S. The maximum atomic E-state index is 13.0. The lowest BCUT2D eigenvalue weighted by Crippen LogP contribution is -2.40.